The highest BCUT2D eigenvalue weighted by Crippen LogP contribution is 2.53. The van der Waals surface area contributed by atoms with Gasteiger partial charge in [-0.3, -0.25) is 0 Å². The van der Waals surface area contributed by atoms with Gasteiger partial charge in [0.05, 0.1) is 39.3 Å². The fourth-order valence-corrected chi connectivity index (χ4v) is 5.97. The second kappa shape index (κ2) is 8.35. The van der Waals surface area contributed by atoms with Crippen LogP contribution in [0.5, 0.6) is 23.0 Å². The third-order valence-electron chi connectivity index (χ3n) is 6.90. The van der Waals surface area contributed by atoms with Gasteiger partial charge < -0.3 is 18.9 Å². The fraction of sp³-hybridized carbons (Fsp3) is 0.458. The van der Waals surface area contributed by atoms with Crippen LogP contribution in [0.15, 0.2) is 41.5 Å². The second-order valence-corrected chi connectivity index (χ2v) is 10.7. The van der Waals surface area contributed by atoms with Gasteiger partial charge in [-0.05, 0) is 18.2 Å². The Labute approximate surface area is 199 Å². The van der Waals surface area contributed by atoms with Crippen LogP contribution in [0.1, 0.15) is 36.4 Å². The molecule has 10 heteroatoms. The lowest BCUT2D eigenvalue weighted by Gasteiger charge is -2.50. The van der Waals surface area contributed by atoms with Gasteiger partial charge in [0.25, 0.3) is 0 Å². The molecule has 34 heavy (non-hydrogen) atoms. The molecule has 0 N–H and O–H groups in total. The molecule has 1 spiro atoms. The second-order valence-electron chi connectivity index (χ2n) is 8.77. The molecule has 182 valence electrons. The summed E-state index contributed by atoms with van der Waals surface area (Å²) < 4.78 is 49.1. The Hall–Kier alpha value is -2.98. The van der Waals surface area contributed by atoms with E-state index in [-0.39, 0.29) is 6.04 Å². The molecular formula is C24H29N3O6S. The summed E-state index contributed by atoms with van der Waals surface area (Å²) >= 11 is 0. The minimum Gasteiger partial charge on any atom is -0.497 e. The van der Waals surface area contributed by atoms with E-state index in [9.17, 15) is 8.42 Å². The number of methoxy groups -OCH3 is 3. The number of nitrogens with zero attached hydrogens (tertiary/aromatic N) is 3. The molecule has 3 aliphatic rings. The lowest BCUT2D eigenvalue weighted by Crippen LogP contribution is -2.59. The fourth-order valence-electron chi connectivity index (χ4n) is 5.13. The normalized spacial score (nSPS) is 21.4. The van der Waals surface area contributed by atoms with Crippen molar-refractivity contribution in [3.8, 4) is 23.0 Å². The number of sulfonamides is 1. The topological polar surface area (TPSA) is 89.9 Å². The van der Waals surface area contributed by atoms with Gasteiger partial charge in [-0.1, -0.05) is 12.1 Å². The van der Waals surface area contributed by atoms with Gasteiger partial charge >= 0.3 is 0 Å². The zero-order valence-electron chi connectivity index (χ0n) is 19.8. The first-order chi connectivity index (χ1) is 16.3. The van der Waals surface area contributed by atoms with Crippen LogP contribution in [-0.4, -0.2) is 69.8 Å². The predicted molar refractivity (Wildman–Crippen MR) is 127 cm³/mol. The van der Waals surface area contributed by atoms with E-state index < -0.39 is 15.7 Å². The van der Waals surface area contributed by atoms with E-state index in [1.165, 1.54) is 10.6 Å². The van der Waals surface area contributed by atoms with Crippen molar-refractivity contribution >= 4 is 15.7 Å². The van der Waals surface area contributed by atoms with Gasteiger partial charge in [0.1, 0.15) is 11.5 Å². The molecule has 9 nitrogen and oxygen atoms in total. The van der Waals surface area contributed by atoms with Crippen LogP contribution in [-0.2, 0) is 10.0 Å². The third-order valence-corrected chi connectivity index (χ3v) is 8.20. The van der Waals surface area contributed by atoms with E-state index in [2.05, 4.69) is 0 Å². The summed E-state index contributed by atoms with van der Waals surface area (Å²) in [4.78, 5) is 0. The van der Waals surface area contributed by atoms with Crippen molar-refractivity contribution in [2.75, 3.05) is 40.7 Å². The molecule has 0 aromatic heterocycles. The maximum Gasteiger partial charge on any atom is 0.211 e. The predicted octanol–water partition coefficient (Wildman–Crippen LogP) is 3.01. The SMILES string of the molecule is COc1ccc(C2=NN3C(C2)c2cccc(OC)c2OC32CCN(S(C)(=O)=O)CC2)c(OC)c1. The maximum atomic E-state index is 12.1. The summed E-state index contributed by atoms with van der Waals surface area (Å²) in [7, 11) is 1.61. The van der Waals surface area contributed by atoms with Crippen LogP contribution in [0.25, 0.3) is 0 Å². The molecule has 3 aliphatic heterocycles. The number of piperidine rings is 1. The molecule has 2 aromatic carbocycles. The third kappa shape index (κ3) is 3.65. The largest absolute Gasteiger partial charge is 0.497 e. The van der Waals surface area contributed by atoms with Crippen molar-refractivity contribution in [2.24, 2.45) is 5.10 Å². The number of hydrogen-bond donors (Lipinski definition) is 0. The molecule has 0 aliphatic carbocycles. The zero-order chi connectivity index (χ0) is 24.1. The Balaban J connectivity index is 1.58. The van der Waals surface area contributed by atoms with Crippen LogP contribution in [0.4, 0.5) is 0 Å². The Bertz CT molecular complexity index is 1240. The Morgan fingerprint density at radius 1 is 1.03 bits per heavy atom. The van der Waals surface area contributed by atoms with E-state index in [1.807, 2.05) is 41.4 Å². The maximum absolute atomic E-state index is 12.1. The van der Waals surface area contributed by atoms with Crippen molar-refractivity contribution in [3.63, 3.8) is 0 Å². The van der Waals surface area contributed by atoms with Crippen LogP contribution >= 0.6 is 0 Å². The molecule has 5 rings (SSSR count). The molecule has 0 radical (unpaired) electrons. The molecule has 1 atom stereocenters. The molecule has 1 unspecified atom stereocenters. The monoisotopic (exact) mass is 487 g/mol. The van der Waals surface area contributed by atoms with Crippen LogP contribution in [0, 0.1) is 0 Å². The van der Waals surface area contributed by atoms with Crippen LogP contribution < -0.4 is 18.9 Å². The Morgan fingerprint density at radius 3 is 2.41 bits per heavy atom. The van der Waals surface area contributed by atoms with Crippen LogP contribution in [0.3, 0.4) is 0 Å². The Morgan fingerprint density at radius 2 is 1.76 bits per heavy atom. The average Bonchev–Trinajstić information content (AvgIpc) is 3.30. The van der Waals surface area contributed by atoms with Crippen molar-refractivity contribution in [1.29, 1.82) is 0 Å². The van der Waals surface area contributed by atoms with Gasteiger partial charge in [0, 0.05) is 49.5 Å². The van der Waals surface area contributed by atoms with E-state index in [4.69, 9.17) is 24.0 Å². The quantitative estimate of drug-likeness (QED) is 0.640. The van der Waals surface area contributed by atoms with E-state index in [0.29, 0.717) is 55.4 Å². The average molecular weight is 488 g/mol. The van der Waals surface area contributed by atoms with Crippen molar-refractivity contribution in [2.45, 2.75) is 31.0 Å². The van der Waals surface area contributed by atoms with E-state index >= 15 is 0 Å². The molecule has 1 fully saturated rings. The molecule has 0 amide bonds. The summed E-state index contributed by atoms with van der Waals surface area (Å²) in [5.41, 5.74) is 2.01. The van der Waals surface area contributed by atoms with Crippen molar-refractivity contribution in [3.05, 3.63) is 47.5 Å². The van der Waals surface area contributed by atoms with Gasteiger partial charge in [-0.25, -0.2) is 17.7 Å². The van der Waals surface area contributed by atoms with Gasteiger partial charge in [0.2, 0.25) is 15.7 Å². The Kier molecular flexibility index (Phi) is 5.60. The number of para-hydroxylation sites is 1. The van der Waals surface area contributed by atoms with E-state index in [1.54, 1.807) is 21.3 Å². The van der Waals surface area contributed by atoms with Crippen molar-refractivity contribution in [1.82, 2.24) is 9.31 Å². The summed E-state index contributed by atoms with van der Waals surface area (Å²) in [6.07, 6.45) is 2.88. The number of hydrazone groups is 1. The summed E-state index contributed by atoms with van der Waals surface area (Å²) in [6.45, 7) is 0.729. The number of fused-ring (bicyclic) bond motifs is 4. The lowest BCUT2D eigenvalue weighted by atomic mass is 9.91. The van der Waals surface area contributed by atoms with E-state index in [0.717, 1.165) is 16.8 Å². The summed E-state index contributed by atoms with van der Waals surface area (Å²) in [5, 5.41) is 7.09. The summed E-state index contributed by atoms with van der Waals surface area (Å²) in [5.74, 6) is 2.76. The number of ether oxygens (including phenoxy) is 4. The highest BCUT2D eigenvalue weighted by molar-refractivity contribution is 7.88. The molecule has 1 saturated heterocycles. The van der Waals surface area contributed by atoms with Crippen molar-refractivity contribution < 1.29 is 27.4 Å². The number of rotatable bonds is 5. The molecule has 0 saturated carbocycles. The highest BCUT2D eigenvalue weighted by atomic mass is 32.2. The van der Waals surface area contributed by atoms with Gasteiger partial charge in [-0.2, -0.15) is 5.10 Å². The van der Waals surface area contributed by atoms with Gasteiger partial charge in [-0.15, -0.1) is 0 Å². The summed E-state index contributed by atoms with van der Waals surface area (Å²) in [6, 6.07) is 11.5. The number of hydrogen-bond acceptors (Lipinski definition) is 8. The first-order valence-electron chi connectivity index (χ1n) is 11.2. The molecule has 2 aromatic rings. The number of benzene rings is 2. The first kappa shape index (κ1) is 22.8. The lowest BCUT2D eigenvalue weighted by molar-refractivity contribution is -0.144. The zero-order valence-corrected chi connectivity index (χ0v) is 20.6. The molecular weight excluding hydrogens is 458 g/mol. The minimum atomic E-state index is -3.28. The standard InChI is InChI=1S/C24H29N3O6S/c1-30-16-8-9-17(22(14-16)32-3)19-15-20-18-6-5-7-21(31-2)23(18)33-24(27(20)25-19)10-12-26(13-11-24)34(4,28)29/h5-9,14,20H,10-13,15H2,1-4H3. The smallest absolute Gasteiger partial charge is 0.211 e. The minimum absolute atomic E-state index is 0.0644. The van der Waals surface area contributed by atoms with Crippen LogP contribution in [0.2, 0.25) is 0 Å². The molecule has 3 heterocycles. The highest BCUT2D eigenvalue weighted by Gasteiger charge is 2.53. The van der Waals surface area contributed by atoms with Gasteiger partial charge in [0.15, 0.2) is 11.5 Å². The first-order valence-corrected chi connectivity index (χ1v) is 13.0. The molecule has 0 bridgehead atoms.